The van der Waals surface area contributed by atoms with E-state index < -0.39 is 0 Å². The minimum Gasteiger partial charge on any atom is -0.309 e. The Bertz CT molecular complexity index is 330. The first-order valence-corrected chi connectivity index (χ1v) is 4.08. The van der Waals surface area contributed by atoms with Crippen LogP contribution in [0.4, 0.5) is 0 Å². The molecule has 2 nitrogen and oxygen atoms in total. The Kier molecular flexibility index (Phi) is 2.91. The van der Waals surface area contributed by atoms with Gasteiger partial charge in [0.15, 0.2) is 0 Å². The van der Waals surface area contributed by atoms with E-state index in [2.05, 4.69) is 9.83 Å². The number of halogens is 2. The number of hydrogen-bond donors (Lipinski definition) is 0. The highest BCUT2D eigenvalue weighted by atomic mass is 35.5. The average molecular weight is 201 g/mol. The maximum absolute atomic E-state index is 6.79. The van der Waals surface area contributed by atoms with E-state index in [4.69, 9.17) is 29.8 Å². The Morgan fingerprint density at radius 1 is 1.58 bits per heavy atom. The predicted octanol–water partition coefficient (Wildman–Crippen LogP) is 3.37. The van der Waals surface area contributed by atoms with E-state index in [1.165, 1.54) is 0 Å². The van der Waals surface area contributed by atoms with Crippen LogP contribution in [-0.2, 0) is 0 Å². The van der Waals surface area contributed by atoms with Crippen LogP contribution in [0.2, 0.25) is 10.2 Å². The van der Waals surface area contributed by atoms with Gasteiger partial charge in [0.1, 0.15) is 5.15 Å². The lowest BCUT2D eigenvalue weighted by atomic mass is 10.2. The van der Waals surface area contributed by atoms with Gasteiger partial charge in [0.2, 0.25) is 6.04 Å². The molecule has 0 spiro atoms. The molecule has 62 valence electrons. The zero-order chi connectivity index (χ0) is 9.14. The van der Waals surface area contributed by atoms with Gasteiger partial charge >= 0.3 is 0 Å². The van der Waals surface area contributed by atoms with Crippen molar-refractivity contribution in [2.45, 2.75) is 13.0 Å². The zero-order valence-corrected chi connectivity index (χ0v) is 7.89. The molecule has 0 amide bonds. The third-order valence-corrected chi connectivity index (χ3v) is 2.18. The van der Waals surface area contributed by atoms with Gasteiger partial charge in [-0.2, -0.15) is 0 Å². The molecule has 0 aliphatic rings. The summed E-state index contributed by atoms with van der Waals surface area (Å²) >= 11 is 11.3. The van der Waals surface area contributed by atoms with Crippen LogP contribution in [0.25, 0.3) is 4.85 Å². The van der Waals surface area contributed by atoms with E-state index in [0.717, 1.165) is 5.56 Å². The van der Waals surface area contributed by atoms with Crippen molar-refractivity contribution in [3.05, 3.63) is 39.4 Å². The summed E-state index contributed by atoms with van der Waals surface area (Å²) < 4.78 is 0. The first-order chi connectivity index (χ1) is 5.65. The minimum atomic E-state index is -0.215. The van der Waals surface area contributed by atoms with Crippen LogP contribution in [0, 0.1) is 6.57 Å². The molecular weight excluding hydrogens is 195 g/mol. The first-order valence-electron chi connectivity index (χ1n) is 3.32. The summed E-state index contributed by atoms with van der Waals surface area (Å²) in [5.74, 6) is 0. The smallest absolute Gasteiger partial charge is 0.247 e. The van der Waals surface area contributed by atoms with Crippen molar-refractivity contribution >= 4 is 23.2 Å². The fourth-order valence-electron chi connectivity index (χ4n) is 0.739. The van der Waals surface area contributed by atoms with Crippen molar-refractivity contribution in [1.82, 2.24) is 4.98 Å². The van der Waals surface area contributed by atoms with Crippen LogP contribution in [0.15, 0.2) is 12.3 Å². The van der Waals surface area contributed by atoms with E-state index >= 15 is 0 Å². The summed E-state index contributed by atoms with van der Waals surface area (Å²) in [4.78, 5) is 7.18. The summed E-state index contributed by atoms with van der Waals surface area (Å²) in [7, 11) is 0. The maximum atomic E-state index is 6.79. The monoisotopic (exact) mass is 200 g/mol. The number of pyridine rings is 1. The molecule has 4 heteroatoms. The summed E-state index contributed by atoms with van der Waals surface area (Å²) in [6, 6.07) is 1.45. The van der Waals surface area contributed by atoms with Crippen molar-refractivity contribution in [3.63, 3.8) is 0 Å². The zero-order valence-electron chi connectivity index (χ0n) is 6.38. The number of aromatic nitrogens is 1. The second-order valence-corrected chi connectivity index (χ2v) is 3.11. The highest BCUT2D eigenvalue weighted by Gasteiger charge is 2.10. The Labute approximate surface area is 81.0 Å². The Morgan fingerprint density at radius 2 is 2.25 bits per heavy atom. The molecule has 1 atom stereocenters. The van der Waals surface area contributed by atoms with E-state index in [1.54, 1.807) is 19.2 Å². The standard InChI is InChI=1S/C8H6Cl2N2/c1-5(11-2)6-3-7(9)8(10)12-4-6/h3-5H,1H3. The first kappa shape index (κ1) is 9.31. The van der Waals surface area contributed by atoms with Gasteiger partial charge in [0.25, 0.3) is 0 Å². The fraction of sp³-hybridized carbons (Fsp3) is 0.250. The van der Waals surface area contributed by atoms with Gasteiger partial charge in [-0.15, -0.1) is 0 Å². The second kappa shape index (κ2) is 3.75. The summed E-state index contributed by atoms with van der Waals surface area (Å²) in [6.45, 7) is 8.58. The second-order valence-electron chi connectivity index (χ2n) is 2.35. The molecule has 0 saturated carbocycles. The van der Waals surface area contributed by atoms with Gasteiger partial charge in [0.05, 0.1) is 10.6 Å². The summed E-state index contributed by atoms with van der Waals surface area (Å²) in [6.07, 6.45) is 1.57. The Hall–Kier alpha value is -0.780. The molecule has 1 heterocycles. The molecule has 0 aromatic carbocycles. The maximum Gasteiger partial charge on any atom is 0.247 e. The molecule has 1 unspecified atom stereocenters. The van der Waals surface area contributed by atoms with Gasteiger partial charge in [-0.25, -0.2) is 11.6 Å². The third kappa shape index (κ3) is 1.88. The molecular formula is C8H6Cl2N2. The molecule has 1 aromatic heterocycles. The van der Waals surface area contributed by atoms with Crippen molar-refractivity contribution < 1.29 is 0 Å². The minimum absolute atomic E-state index is 0.215. The summed E-state index contributed by atoms with van der Waals surface area (Å²) in [5, 5.41) is 0.669. The lowest BCUT2D eigenvalue weighted by molar-refractivity contribution is 0.948. The SMILES string of the molecule is [C-]#[N+]C(C)c1cnc(Cl)c(Cl)c1. The third-order valence-electron chi connectivity index (χ3n) is 1.49. The number of nitrogens with zero attached hydrogens (tertiary/aromatic N) is 2. The Balaban J connectivity index is 3.06. The van der Waals surface area contributed by atoms with Gasteiger partial charge in [-0.05, 0) is 6.07 Å². The van der Waals surface area contributed by atoms with Crippen LogP contribution in [0.1, 0.15) is 18.5 Å². The fourth-order valence-corrected chi connectivity index (χ4v) is 1.02. The van der Waals surface area contributed by atoms with Crippen LogP contribution < -0.4 is 0 Å². The average Bonchev–Trinajstić information content (AvgIpc) is 2.08. The van der Waals surface area contributed by atoms with Gasteiger partial charge in [0, 0.05) is 13.1 Å². The highest BCUT2D eigenvalue weighted by Crippen LogP contribution is 2.24. The van der Waals surface area contributed by atoms with Crippen LogP contribution >= 0.6 is 23.2 Å². The van der Waals surface area contributed by atoms with Gasteiger partial charge in [-0.3, -0.25) is 0 Å². The molecule has 1 rings (SSSR count). The quantitative estimate of drug-likeness (QED) is 0.502. The molecule has 0 radical (unpaired) electrons. The predicted molar refractivity (Wildman–Crippen MR) is 49.3 cm³/mol. The van der Waals surface area contributed by atoms with E-state index in [0.29, 0.717) is 5.02 Å². The number of hydrogen-bond acceptors (Lipinski definition) is 1. The molecule has 12 heavy (non-hydrogen) atoms. The normalized spacial score (nSPS) is 12.2. The molecule has 0 saturated heterocycles. The molecule has 0 N–H and O–H groups in total. The van der Waals surface area contributed by atoms with Crippen molar-refractivity contribution in [2.24, 2.45) is 0 Å². The van der Waals surface area contributed by atoms with Crippen LogP contribution in [-0.4, -0.2) is 4.98 Å². The van der Waals surface area contributed by atoms with E-state index in [9.17, 15) is 0 Å². The van der Waals surface area contributed by atoms with E-state index in [1.807, 2.05) is 0 Å². The van der Waals surface area contributed by atoms with Gasteiger partial charge in [-0.1, -0.05) is 23.2 Å². The van der Waals surface area contributed by atoms with Crippen LogP contribution in [0.3, 0.4) is 0 Å². The molecule has 0 aliphatic heterocycles. The molecule has 0 bridgehead atoms. The van der Waals surface area contributed by atoms with Crippen LogP contribution in [0.5, 0.6) is 0 Å². The van der Waals surface area contributed by atoms with E-state index in [-0.39, 0.29) is 11.2 Å². The highest BCUT2D eigenvalue weighted by molar-refractivity contribution is 6.41. The van der Waals surface area contributed by atoms with Crippen molar-refractivity contribution in [3.8, 4) is 0 Å². The summed E-state index contributed by atoms with van der Waals surface area (Å²) in [5.41, 5.74) is 0.791. The topological polar surface area (TPSA) is 17.2 Å². The largest absolute Gasteiger partial charge is 0.309 e. The lowest BCUT2D eigenvalue weighted by Gasteiger charge is -1.99. The molecule has 0 fully saturated rings. The molecule has 1 aromatic rings. The van der Waals surface area contributed by atoms with Crippen molar-refractivity contribution in [1.29, 1.82) is 0 Å². The van der Waals surface area contributed by atoms with Crippen molar-refractivity contribution in [2.75, 3.05) is 0 Å². The molecule has 0 aliphatic carbocycles. The lowest BCUT2D eigenvalue weighted by Crippen LogP contribution is -1.88. The van der Waals surface area contributed by atoms with Gasteiger partial charge < -0.3 is 4.85 Å². The Morgan fingerprint density at radius 3 is 2.75 bits per heavy atom. The number of rotatable bonds is 1.